The van der Waals surface area contributed by atoms with Crippen molar-refractivity contribution < 1.29 is 39.2 Å². The highest BCUT2D eigenvalue weighted by atomic mass is 16.6. The van der Waals surface area contributed by atoms with Crippen molar-refractivity contribution in [2.75, 3.05) is 0 Å². The molecule has 162 valence electrons. The maximum absolute atomic E-state index is 12.5. The molecule has 2 aliphatic rings. The fourth-order valence-electron chi connectivity index (χ4n) is 3.87. The average Bonchev–Trinajstić information content (AvgIpc) is 3.00. The fraction of sp³-hybridized carbons (Fsp3) is 0.125. The lowest BCUT2D eigenvalue weighted by atomic mass is 9.77. The highest BCUT2D eigenvalue weighted by molar-refractivity contribution is 5.97. The largest absolute Gasteiger partial charge is 0.508 e. The van der Waals surface area contributed by atoms with E-state index in [2.05, 4.69) is 0 Å². The Labute approximate surface area is 182 Å². The molecular formula is C24H18O8. The van der Waals surface area contributed by atoms with Crippen molar-refractivity contribution in [2.24, 2.45) is 0 Å². The number of aromatic hydroxyl groups is 2. The average molecular weight is 434 g/mol. The number of carboxylic acids is 1. The molecule has 0 saturated heterocycles. The first-order valence-corrected chi connectivity index (χ1v) is 9.61. The van der Waals surface area contributed by atoms with Crippen molar-refractivity contribution in [1.82, 2.24) is 0 Å². The molecule has 8 nitrogen and oxygen atoms in total. The summed E-state index contributed by atoms with van der Waals surface area (Å²) in [5.74, 6) is -0.967. The molecule has 32 heavy (non-hydrogen) atoms. The van der Waals surface area contributed by atoms with Gasteiger partial charge in [0.25, 0.3) is 0 Å². The standard InChI is InChI=1S/C20H12O5.C4H6O3/c21-11-5-7-15-17(9-11)24-18-10-12(22)6-8-16(18)20(15)14-4-2-1-3-13(14)19(23)25-20;1-3(5)2-4(6)7/h1-10,21-22H;2H2,1H3,(H,6,7). The Bertz CT molecular complexity index is 1200. The van der Waals surface area contributed by atoms with Crippen molar-refractivity contribution in [3.8, 4) is 23.0 Å². The highest BCUT2D eigenvalue weighted by Gasteiger charge is 2.53. The van der Waals surface area contributed by atoms with Gasteiger partial charge in [-0.05, 0) is 37.3 Å². The molecule has 0 unspecified atom stereocenters. The predicted molar refractivity (Wildman–Crippen MR) is 111 cm³/mol. The number of benzene rings is 3. The molecule has 2 heterocycles. The summed E-state index contributed by atoms with van der Waals surface area (Å²) in [7, 11) is 0. The maximum Gasteiger partial charge on any atom is 0.340 e. The molecule has 3 N–H and O–H groups in total. The van der Waals surface area contributed by atoms with Gasteiger partial charge in [-0.2, -0.15) is 0 Å². The SMILES string of the molecule is CC(=O)CC(=O)O.O=C1OC2(c3ccc(O)cc3Oc3cc(O)ccc32)c2ccccc21. The molecular weight excluding hydrogens is 416 g/mol. The quantitative estimate of drug-likeness (QED) is 0.411. The van der Waals surface area contributed by atoms with Crippen LogP contribution in [-0.2, 0) is 19.9 Å². The van der Waals surface area contributed by atoms with Crippen LogP contribution in [0, 0.1) is 0 Å². The lowest BCUT2D eigenvalue weighted by molar-refractivity contribution is -0.139. The number of rotatable bonds is 2. The number of Topliss-reactive ketones (excluding diaryl/α,β-unsaturated/α-hetero) is 1. The summed E-state index contributed by atoms with van der Waals surface area (Å²) in [4.78, 5) is 32.0. The lowest BCUT2D eigenvalue weighted by Gasteiger charge is -2.36. The Kier molecular flexibility index (Phi) is 5.06. The van der Waals surface area contributed by atoms with Crippen LogP contribution in [0.25, 0.3) is 0 Å². The van der Waals surface area contributed by atoms with Crippen LogP contribution in [-0.4, -0.2) is 33.0 Å². The van der Waals surface area contributed by atoms with Crippen LogP contribution < -0.4 is 4.74 Å². The van der Waals surface area contributed by atoms with Gasteiger partial charge in [-0.3, -0.25) is 9.59 Å². The Morgan fingerprint density at radius 3 is 1.94 bits per heavy atom. The van der Waals surface area contributed by atoms with Gasteiger partial charge < -0.3 is 24.8 Å². The molecule has 3 aromatic carbocycles. The maximum atomic E-state index is 12.5. The lowest BCUT2D eigenvalue weighted by Crippen LogP contribution is -2.32. The van der Waals surface area contributed by atoms with E-state index < -0.39 is 17.5 Å². The number of carboxylic acid groups (broad SMARTS) is 1. The molecule has 3 aromatic rings. The Morgan fingerprint density at radius 1 is 0.875 bits per heavy atom. The first kappa shape index (κ1) is 20.9. The van der Waals surface area contributed by atoms with Gasteiger partial charge in [-0.15, -0.1) is 0 Å². The van der Waals surface area contributed by atoms with E-state index in [-0.39, 0.29) is 23.7 Å². The molecule has 5 rings (SSSR count). The van der Waals surface area contributed by atoms with Gasteiger partial charge in [0, 0.05) is 28.8 Å². The van der Waals surface area contributed by atoms with E-state index in [0.717, 1.165) is 0 Å². The molecule has 0 radical (unpaired) electrons. The summed E-state index contributed by atoms with van der Waals surface area (Å²) in [6.45, 7) is 1.24. The summed E-state index contributed by atoms with van der Waals surface area (Å²) in [6, 6.07) is 16.6. The number of phenols is 2. The molecule has 1 spiro atoms. The summed E-state index contributed by atoms with van der Waals surface area (Å²) in [5.41, 5.74) is 1.28. The highest BCUT2D eigenvalue weighted by Crippen LogP contribution is 2.56. The van der Waals surface area contributed by atoms with E-state index >= 15 is 0 Å². The summed E-state index contributed by atoms with van der Waals surface area (Å²) < 4.78 is 11.8. The second-order valence-corrected chi connectivity index (χ2v) is 7.35. The van der Waals surface area contributed by atoms with E-state index in [1.54, 1.807) is 24.3 Å². The molecule has 0 aliphatic carbocycles. The fourth-order valence-corrected chi connectivity index (χ4v) is 3.87. The van der Waals surface area contributed by atoms with Crippen molar-refractivity contribution >= 4 is 17.7 Å². The molecule has 0 saturated carbocycles. The number of hydrogen-bond acceptors (Lipinski definition) is 7. The Balaban J connectivity index is 0.000000307. The first-order valence-electron chi connectivity index (χ1n) is 9.61. The minimum absolute atomic E-state index is 0.0371. The molecule has 0 aromatic heterocycles. The van der Waals surface area contributed by atoms with E-state index in [9.17, 15) is 24.6 Å². The van der Waals surface area contributed by atoms with Crippen LogP contribution in [0.15, 0.2) is 60.7 Å². The molecule has 0 fully saturated rings. The van der Waals surface area contributed by atoms with Crippen LogP contribution in [0.1, 0.15) is 40.4 Å². The minimum atomic E-state index is -1.17. The number of aliphatic carboxylic acids is 1. The number of phenolic OH excluding ortho intramolecular Hbond substituents is 2. The topological polar surface area (TPSA) is 130 Å². The van der Waals surface area contributed by atoms with Crippen molar-refractivity contribution in [2.45, 2.75) is 18.9 Å². The van der Waals surface area contributed by atoms with Gasteiger partial charge in [-0.25, -0.2) is 4.79 Å². The Morgan fingerprint density at radius 2 is 1.44 bits per heavy atom. The molecule has 0 bridgehead atoms. The number of esters is 1. The third-order valence-corrected chi connectivity index (χ3v) is 5.08. The van der Waals surface area contributed by atoms with Gasteiger partial charge in [0.15, 0.2) is 5.60 Å². The summed E-state index contributed by atoms with van der Waals surface area (Å²) in [6.07, 6.45) is -0.361. The van der Waals surface area contributed by atoms with E-state index in [1.165, 1.54) is 31.2 Å². The molecule has 2 aliphatic heterocycles. The number of fused-ring (bicyclic) bond motifs is 6. The van der Waals surface area contributed by atoms with Crippen LogP contribution in [0.4, 0.5) is 0 Å². The zero-order chi connectivity index (χ0) is 23.0. The zero-order valence-corrected chi connectivity index (χ0v) is 16.9. The first-order chi connectivity index (χ1) is 15.2. The van der Waals surface area contributed by atoms with Crippen molar-refractivity contribution in [1.29, 1.82) is 0 Å². The smallest absolute Gasteiger partial charge is 0.340 e. The minimum Gasteiger partial charge on any atom is -0.508 e. The molecule has 8 heteroatoms. The second-order valence-electron chi connectivity index (χ2n) is 7.35. The monoisotopic (exact) mass is 434 g/mol. The van der Waals surface area contributed by atoms with Crippen LogP contribution in [0.5, 0.6) is 23.0 Å². The molecule has 0 atom stereocenters. The van der Waals surface area contributed by atoms with Gasteiger partial charge in [0.2, 0.25) is 0 Å². The third-order valence-electron chi connectivity index (χ3n) is 5.08. The number of hydrogen-bond donors (Lipinski definition) is 3. The van der Waals surface area contributed by atoms with E-state index in [4.69, 9.17) is 14.6 Å². The van der Waals surface area contributed by atoms with Gasteiger partial charge in [-0.1, -0.05) is 18.2 Å². The Hall–Kier alpha value is -4.33. The van der Waals surface area contributed by atoms with Gasteiger partial charge >= 0.3 is 11.9 Å². The normalized spacial score (nSPS) is 14.1. The van der Waals surface area contributed by atoms with Gasteiger partial charge in [0.1, 0.15) is 35.2 Å². The number of carbonyl (C=O) groups is 3. The van der Waals surface area contributed by atoms with Crippen molar-refractivity contribution in [3.63, 3.8) is 0 Å². The van der Waals surface area contributed by atoms with E-state index in [1.807, 2.05) is 12.1 Å². The van der Waals surface area contributed by atoms with Crippen LogP contribution in [0.2, 0.25) is 0 Å². The summed E-state index contributed by atoms with van der Waals surface area (Å²) >= 11 is 0. The second kappa shape index (κ2) is 7.73. The summed E-state index contributed by atoms with van der Waals surface area (Å²) in [5, 5.41) is 27.5. The molecule has 0 amide bonds. The number of carbonyl (C=O) groups excluding carboxylic acids is 2. The van der Waals surface area contributed by atoms with Crippen molar-refractivity contribution in [3.05, 3.63) is 82.9 Å². The van der Waals surface area contributed by atoms with Crippen LogP contribution >= 0.6 is 0 Å². The third kappa shape index (κ3) is 3.41. The van der Waals surface area contributed by atoms with Crippen LogP contribution in [0.3, 0.4) is 0 Å². The number of ether oxygens (including phenoxy) is 2. The zero-order valence-electron chi connectivity index (χ0n) is 16.9. The predicted octanol–water partition coefficient (Wildman–Crippen LogP) is 3.72. The number of ketones is 1. The van der Waals surface area contributed by atoms with E-state index in [0.29, 0.717) is 33.8 Å². The van der Waals surface area contributed by atoms with Gasteiger partial charge in [0.05, 0.1) is 5.56 Å².